The highest BCUT2D eigenvalue weighted by Gasteiger charge is 2.44. The number of amides is 2. The molecule has 4 rings (SSSR count). The summed E-state index contributed by atoms with van der Waals surface area (Å²) in [6.07, 6.45) is -5.40. The minimum absolute atomic E-state index is 0.151. The summed E-state index contributed by atoms with van der Waals surface area (Å²) in [5, 5.41) is 9.75. The van der Waals surface area contributed by atoms with Crippen LogP contribution >= 0.6 is 22.6 Å². The van der Waals surface area contributed by atoms with E-state index < -0.39 is 29.9 Å². The Hall–Kier alpha value is -3.68. The normalized spacial score (nSPS) is 13.1. The molecule has 204 valence electrons. The first-order valence-electron chi connectivity index (χ1n) is 11.7. The third-order valence-electron chi connectivity index (χ3n) is 5.95. The first kappa shape index (κ1) is 28.3. The van der Waals surface area contributed by atoms with Gasteiger partial charge in [0.15, 0.2) is 0 Å². The Labute approximate surface area is 235 Å². The van der Waals surface area contributed by atoms with Crippen LogP contribution < -0.4 is 15.4 Å². The predicted molar refractivity (Wildman–Crippen MR) is 146 cm³/mol. The van der Waals surface area contributed by atoms with E-state index in [2.05, 4.69) is 48.0 Å². The minimum Gasteiger partial charge on any atom is -0.428 e. The quantitative estimate of drug-likeness (QED) is 0.120. The zero-order valence-corrected chi connectivity index (χ0v) is 22.8. The Kier molecular flexibility index (Phi) is 8.73. The van der Waals surface area contributed by atoms with Crippen molar-refractivity contribution >= 4 is 34.4 Å². The van der Waals surface area contributed by atoms with Crippen LogP contribution in [0.15, 0.2) is 85.2 Å². The number of benzene rings is 2. The third kappa shape index (κ3) is 6.67. The number of nitrogens with one attached hydrogen (secondary N) is 2. The Balaban J connectivity index is 1.86. The molecule has 0 bridgehead atoms. The van der Waals surface area contributed by atoms with Gasteiger partial charge in [-0.1, -0.05) is 71.1 Å². The Morgan fingerprint density at radius 1 is 1.05 bits per heavy atom. The van der Waals surface area contributed by atoms with Gasteiger partial charge in [-0.15, -0.1) is 0 Å². The lowest BCUT2D eigenvalue weighted by Crippen LogP contribution is -2.50. The molecule has 1 atom stereocenters. The molecule has 2 amide bonds. The van der Waals surface area contributed by atoms with Crippen molar-refractivity contribution in [2.24, 2.45) is 7.05 Å². The molecule has 12 heteroatoms. The molecule has 2 heterocycles. The first-order chi connectivity index (χ1) is 18.6. The summed E-state index contributed by atoms with van der Waals surface area (Å²) in [7, 11) is 1.65. The summed E-state index contributed by atoms with van der Waals surface area (Å²) in [5.74, 6) is -0.0871. The molecule has 2 aromatic heterocycles. The average molecular weight is 653 g/mol. The molecule has 0 aliphatic rings. The van der Waals surface area contributed by atoms with E-state index in [4.69, 9.17) is 0 Å². The summed E-state index contributed by atoms with van der Waals surface area (Å²) in [6.45, 7) is 0. The van der Waals surface area contributed by atoms with Crippen molar-refractivity contribution in [3.63, 3.8) is 0 Å². The van der Waals surface area contributed by atoms with Gasteiger partial charge in [0.2, 0.25) is 0 Å². The third-order valence-corrected chi connectivity index (χ3v) is 6.83. The molecule has 2 N–H and O–H groups in total. The fourth-order valence-electron chi connectivity index (χ4n) is 4.04. The molecule has 0 spiro atoms. The Morgan fingerprint density at radius 2 is 1.82 bits per heavy atom. The van der Waals surface area contributed by atoms with Crippen molar-refractivity contribution in [1.29, 1.82) is 0 Å². The van der Waals surface area contributed by atoms with Crippen LogP contribution in [0.3, 0.4) is 0 Å². The molecular weight excluding hydrogens is 629 g/mol. The number of pyridine rings is 1. The van der Waals surface area contributed by atoms with E-state index in [1.54, 1.807) is 31.4 Å². The van der Waals surface area contributed by atoms with E-state index in [0.29, 0.717) is 21.5 Å². The fourth-order valence-corrected chi connectivity index (χ4v) is 4.49. The van der Waals surface area contributed by atoms with Crippen molar-refractivity contribution in [1.82, 2.24) is 20.1 Å². The van der Waals surface area contributed by atoms with Crippen LogP contribution in [0.4, 0.5) is 28.2 Å². The lowest BCUT2D eigenvalue weighted by Gasteiger charge is -2.36. The summed E-state index contributed by atoms with van der Waals surface area (Å²) in [4.78, 5) is 18.0. The minimum atomic E-state index is -4.70. The maximum absolute atomic E-state index is 13.8. The van der Waals surface area contributed by atoms with Crippen LogP contribution in [0.25, 0.3) is 0 Å². The van der Waals surface area contributed by atoms with Gasteiger partial charge in [0, 0.05) is 30.2 Å². The van der Waals surface area contributed by atoms with Crippen LogP contribution in [-0.4, -0.2) is 33.3 Å². The SMILES string of the molecule is Cn1nccc1NC(=O)N[C@@](Cc1ccccc1)(c1cccc(OC(F)(F)C(F)F)c1)c1ccc(CI)cn1. The van der Waals surface area contributed by atoms with Gasteiger partial charge in [-0.05, 0) is 34.9 Å². The van der Waals surface area contributed by atoms with Crippen molar-refractivity contribution in [3.8, 4) is 5.75 Å². The lowest BCUT2D eigenvalue weighted by molar-refractivity contribution is -0.253. The zero-order valence-electron chi connectivity index (χ0n) is 20.6. The van der Waals surface area contributed by atoms with E-state index in [1.807, 2.05) is 36.4 Å². The largest absolute Gasteiger partial charge is 0.461 e. The number of carbonyl (C=O) groups is 1. The van der Waals surface area contributed by atoms with Gasteiger partial charge in [-0.2, -0.15) is 22.7 Å². The molecule has 0 unspecified atom stereocenters. The number of hydrogen-bond acceptors (Lipinski definition) is 4. The van der Waals surface area contributed by atoms with Gasteiger partial charge >= 0.3 is 18.6 Å². The van der Waals surface area contributed by atoms with Crippen LogP contribution in [0, 0.1) is 0 Å². The summed E-state index contributed by atoms with van der Waals surface area (Å²) in [5.41, 5.74) is 0.998. The second-order valence-corrected chi connectivity index (χ2v) is 9.43. The molecule has 4 aromatic rings. The Bertz CT molecular complexity index is 1400. The number of hydrogen-bond donors (Lipinski definition) is 2. The van der Waals surface area contributed by atoms with Gasteiger partial charge in [0.1, 0.15) is 17.1 Å². The topological polar surface area (TPSA) is 81.1 Å². The van der Waals surface area contributed by atoms with Gasteiger partial charge in [0.25, 0.3) is 0 Å². The number of aryl methyl sites for hydroxylation is 1. The molecule has 0 fully saturated rings. The molecule has 2 aromatic carbocycles. The molecule has 0 saturated heterocycles. The number of anilines is 1. The number of carbonyl (C=O) groups excluding carboxylic acids is 1. The highest BCUT2D eigenvalue weighted by molar-refractivity contribution is 14.1. The van der Waals surface area contributed by atoms with Gasteiger partial charge < -0.3 is 10.1 Å². The van der Waals surface area contributed by atoms with Gasteiger partial charge in [-0.25, -0.2) is 4.79 Å². The molecule has 0 radical (unpaired) electrons. The van der Waals surface area contributed by atoms with E-state index in [-0.39, 0.29) is 6.42 Å². The average Bonchev–Trinajstić information content (AvgIpc) is 3.32. The van der Waals surface area contributed by atoms with Crippen molar-refractivity contribution in [2.45, 2.75) is 28.9 Å². The lowest BCUT2D eigenvalue weighted by atomic mass is 9.80. The number of rotatable bonds is 10. The predicted octanol–water partition coefficient (Wildman–Crippen LogP) is 6.29. The van der Waals surface area contributed by atoms with Crippen LogP contribution in [0.2, 0.25) is 0 Å². The summed E-state index contributed by atoms with van der Waals surface area (Å²) in [6, 6.07) is 19.1. The summed E-state index contributed by atoms with van der Waals surface area (Å²) < 4.78 is 59.9. The summed E-state index contributed by atoms with van der Waals surface area (Å²) >= 11 is 2.20. The highest BCUT2D eigenvalue weighted by atomic mass is 127. The molecule has 7 nitrogen and oxygen atoms in total. The van der Waals surface area contributed by atoms with E-state index in [0.717, 1.165) is 17.2 Å². The van der Waals surface area contributed by atoms with Crippen LogP contribution in [0.5, 0.6) is 5.75 Å². The number of halogens is 5. The Morgan fingerprint density at radius 3 is 2.44 bits per heavy atom. The van der Waals surface area contributed by atoms with E-state index >= 15 is 0 Å². The molecule has 0 saturated carbocycles. The second kappa shape index (κ2) is 12.0. The van der Waals surface area contributed by atoms with E-state index in [1.165, 1.54) is 23.0 Å². The maximum atomic E-state index is 13.8. The van der Waals surface area contributed by atoms with Crippen molar-refractivity contribution < 1.29 is 27.1 Å². The van der Waals surface area contributed by atoms with E-state index in [9.17, 15) is 22.4 Å². The fraction of sp³-hybridized carbons (Fsp3) is 0.222. The molecular formula is C27H24F4IN5O2. The van der Waals surface area contributed by atoms with Crippen molar-refractivity contribution in [3.05, 3.63) is 108 Å². The van der Waals surface area contributed by atoms with Crippen LogP contribution in [0.1, 0.15) is 22.4 Å². The number of ether oxygens (including phenoxy) is 1. The van der Waals surface area contributed by atoms with Gasteiger partial charge in [0.05, 0.1) is 11.9 Å². The molecule has 0 aliphatic heterocycles. The monoisotopic (exact) mass is 653 g/mol. The molecule has 39 heavy (non-hydrogen) atoms. The number of alkyl halides is 5. The number of urea groups is 1. The first-order valence-corrected chi connectivity index (χ1v) is 13.2. The molecule has 0 aliphatic carbocycles. The standard InChI is InChI=1S/C27H24F4IN5O2/c1-37-23(12-13-34-37)35-25(38)36-26(15-18-6-3-2-4-7-18,22-11-10-19(16-32)17-33-22)20-8-5-9-21(14-20)39-27(30,31)24(28)29/h2-14,17,24H,15-16H2,1H3,(H2,35,36,38)/t26-/m0/s1. The number of nitrogens with zero attached hydrogens (tertiary/aromatic N) is 3. The highest BCUT2D eigenvalue weighted by Crippen LogP contribution is 2.36. The maximum Gasteiger partial charge on any atom is 0.461 e. The van der Waals surface area contributed by atoms with Crippen LogP contribution in [-0.2, 0) is 23.4 Å². The smallest absolute Gasteiger partial charge is 0.428 e. The zero-order chi connectivity index (χ0) is 28.0. The number of aromatic nitrogens is 3. The van der Waals surface area contributed by atoms with Gasteiger partial charge in [-0.3, -0.25) is 15.0 Å². The van der Waals surface area contributed by atoms with Crippen molar-refractivity contribution in [2.75, 3.05) is 5.32 Å². The second-order valence-electron chi connectivity index (χ2n) is 8.66.